The lowest BCUT2D eigenvalue weighted by Crippen LogP contribution is -2.87. The number of hydrogen-bond acceptors (Lipinski definition) is 2. The average molecular weight is 187 g/mol. The summed E-state index contributed by atoms with van der Waals surface area (Å²) in [4.78, 5) is 13.1. The highest BCUT2D eigenvalue weighted by atomic mass is 16.6. The Morgan fingerprint density at radius 2 is 2.15 bits per heavy atom. The predicted molar refractivity (Wildman–Crippen MR) is 49.5 cm³/mol. The third-order valence-electron chi connectivity index (χ3n) is 2.54. The van der Waals surface area contributed by atoms with Crippen molar-refractivity contribution >= 4 is 6.09 Å². The van der Waals surface area contributed by atoms with Crippen molar-refractivity contribution in [2.75, 3.05) is 26.7 Å². The van der Waals surface area contributed by atoms with E-state index in [2.05, 4.69) is 12.4 Å². The van der Waals surface area contributed by atoms with Crippen LogP contribution in [-0.2, 0) is 4.74 Å². The lowest BCUT2D eigenvalue weighted by molar-refractivity contribution is -0.666. The van der Waals surface area contributed by atoms with Gasteiger partial charge in [0.2, 0.25) is 0 Å². The summed E-state index contributed by atoms with van der Waals surface area (Å²) in [5.74, 6) is 0. The number of hydrogen-bond donors (Lipinski definition) is 1. The van der Waals surface area contributed by atoms with Gasteiger partial charge in [-0.2, -0.15) is 0 Å². The van der Waals surface area contributed by atoms with Crippen molar-refractivity contribution in [3.8, 4) is 0 Å². The number of rotatable bonds is 2. The van der Waals surface area contributed by atoms with Crippen molar-refractivity contribution in [2.24, 2.45) is 0 Å². The first-order chi connectivity index (χ1) is 6.27. The molecule has 76 valence electrons. The quantitative estimate of drug-likeness (QED) is 0.651. The summed E-state index contributed by atoms with van der Waals surface area (Å²) in [5.41, 5.74) is 0. The van der Waals surface area contributed by atoms with Gasteiger partial charge in [0.25, 0.3) is 0 Å². The molecule has 0 aromatic rings. The van der Waals surface area contributed by atoms with Crippen LogP contribution in [-0.4, -0.2) is 43.8 Å². The first kappa shape index (κ1) is 10.3. The van der Waals surface area contributed by atoms with Crippen LogP contribution in [0.25, 0.3) is 0 Å². The molecule has 13 heavy (non-hydrogen) atoms. The van der Waals surface area contributed by atoms with E-state index in [-0.39, 0.29) is 6.09 Å². The molecule has 1 rings (SSSR count). The van der Waals surface area contributed by atoms with Gasteiger partial charge in [-0.1, -0.05) is 0 Å². The Balaban J connectivity index is 2.28. The van der Waals surface area contributed by atoms with E-state index in [4.69, 9.17) is 4.74 Å². The van der Waals surface area contributed by atoms with Gasteiger partial charge >= 0.3 is 6.09 Å². The molecule has 1 amide bonds. The molecule has 0 atom stereocenters. The van der Waals surface area contributed by atoms with Crippen LogP contribution >= 0.6 is 0 Å². The molecule has 0 unspecified atom stereocenters. The SMILES string of the molecule is CCOC(=O)N1CCC([NH2+]C)CC1. The molecule has 0 aromatic heterocycles. The fourth-order valence-electron chi connectivity index (χ4n) is 1.63. The fraction of sp³-hybridized carbons (Fsp3) is 0.889. The largest absolute Gasteiger partial charge is 0.450 e. The molecule has 1 saturated heterocycles. The van der Waals surface area contributed by atoms with Crippen molar-refractivity contribution < 1.29 is 14.8 Å². The average Bonchev–Trinajstić information content (AvgIpc) is 2.18. The van der Waals surface area contributed by atoms with E-state index in [0.29, 0.717) is 12.6 Å². The summed E-state index contributed by atoms with van der Waals surface area (Å²) in [5, 5.41) is 2.22. The molecule has 4 nitrogen and oxygen atoms in total. The maximum Gasteiger partial charge on any atom is 0.409 e. The summed E-state index contributed by atoms with van der Waals surface area (Å²) in [6.45, 7) is 3.99. The van der Waals surface area contributed by atoms with E-state index < -0.39 is 0 Å². The number of amides is 1. The van der Waals surface area contributed by atoms with Crippen LogP contribution < -0.4 is 5.32 Å². The summed E-state index contributed by atoms with van der Waals surface area (Å²) < 4.78 is 4.93. The molecule has 1 fully saturated rings. The molecule has 0 saturated carbocycles. The topological polar surface area (TPSA) is 46.1 Å². The zero-order chi connectivity index (χ0) is 9.68. The van der Waals surface area contributed by atoms with Crippen LogP contribution in [0.2, 0.25) is 0 Å². The van der Waals surface area contributed by atoms with Gasteiger partial charge in [-0.15, -0.1) is 0 Å². The number of likely N-dealkylation sites (tertiary alicyclic amines) is 1. The second-order valence-corrected chi connectivity index (χ2v) is 3.36. The van der Waals surface area contributed by atoms with E-state index in [1.54, 1.807) is 4.90 Å². The molecule has 1 heterocycles. The zero-order valence-corrected chi connectivity index (χ0v) is 8.45. The van der Waals surface area contributed by atoms with Crippen molar-refractivity contribution in [2.45, 2.75) is 25.8 Å². The van der Waals surface area contributed by atoms with E-state index in [9.17, 15) is 4.79 Å². The number of piperidine rings is 1. The minimum atomic E-state index is -0.156. The standard InChI is InChI=1S/C9H18N2O2/c1-3-13-9(12)11-6-4-8(10-2)5-7-11/h8,10H,3-7H2,1-2H3/p+1. The minimum absolute atomic E-state index is 0.156. The Morgan fingerprint density at radius 3 is 2.62 bits per heavy atom. The monoisotopic (exact) mass is 187 g/mol. The van der Waals surface area contributed by atoms with Crippen LogP contribution in [0.15, 0.2) is 0 Å². The Bertz CT molecular complexity index is 165. The molecule has 0 bridgehead atoms. The van der Waals surface area contributed by atoms with Gasteiger partial charge in [0, 0.05) is 25.9 Å². The van der Waals surface area contributed by atoms with Crippen molar-refractivity contribution in [1.29, 1.82) is 0 Å². The first-order valence-corrected chi connectivity index (χ1v) is 4.99. The van der Waals surface area contributed by atoms with Gasteiger partial charge in [-0.05, 0) is 6.92 Å². The summed E-state index contributed by atoms with van der Waals surface area (Å²) in [6.07, 6.45) is 2.00. The summed E-state index contributed by atoms with van der Waals surface area (Å²) in [6, 6.07) is 0.686. The smallest absolute Gasteiger partial charge is 0.409 e. The molecular formula is C9H19N2O2+. The van der Waals surface area contributed by atoms with Crippen LogP contribution in [0.3, 0.4) is 0 Å². The fourth-order valence-corrected chi connectivity index (χ4v) is 1.63. The minimum Gasteiger partial charge on any atom is -0.450 e. The van der Waals surface area contributed by atoms with Gasteiger partial charge in [0.15, 0.2) is 0 Å². The highest BCUT2D eigenvalue weighted by molar-refractivity contribution is 5.67. The highest BCUT2D eigenvalue weighted by Gasteiger charge is 2.24. The first-order valence-electron chi connectivity index (χ1n) is 4.99. The number of quaternary nitrogens is 1. The lowest BCUT2D eigenvalue weighted by Gasteiger charge is -2.29. The number of ether oxygens (including phenoxy) is 1. The Labute approximate surface area is 79.2 Å². The third-order valence-corrected chi connectivity index (χ3v) is 2.54. The number of nitrogens with zero attached hydrogens (tertiary/aromatic N) is 1. The Morgan fingerprint density at radius 1 is 1.54 bits per heavy atom. The summed E-state index contributed by atoms with van der Waals surface area (Å²) >= 11 is 0. The predicted octanol–water partition coefficient (Wildman–Crippen LogP) is -0.199. The van der Waals surface area contributed by atoms with Crippen LogP contribution in [0, 0.1) is 0 Å². The van der Waals surface area contributed by atoms with Gasteiger partial charge in [-0.3, -0.25) is 0 Å². The lowest BCUT2D eigenvalue weighted by atomic mass is 10.1. The van der Waals surface area contributed by atoms with E-state index >= 15 is 0 Å². The second kappa shape index (κ2) is 5.07. The van der Waals surface area contributed by atoms with Crippen LogP contribution in [0.5, 0.6) is 0 Å². The number of carbonyl (C=O) groups is 1. The van der Waals surface area contributed by atoms with E-state index in [1.807, 2.05) is 6.92 Å². The van der Waals surface area contributed by atoms with E-state index in [1.165, 1.54) is 0 Å². The Kier molecular flexibility index (Phi) is 4.02. The molecule has 2 N–H and O–H groups in total. The number of carbonyl (C=O) groups excluding carboxylic acids is 1. The maximum absolute atomic E-state index is 11.3. The highest BCUT2D eigenvalue weighted by Crippen LogP contribution is 2.08. The van der Waals surface area contributed by atoms with Gasteiger partial charge < -0.3 is 15.0 Å². The molecule has 0 aliphatic carbocycles. The van der Waals surface area contributed by atoms with Crippen molar-refractivity contribution in [1.82, 2.24) is 4.90 Å². The normalized spacial score (nSPS) is 18.8. The molecule has 0 aromatic carbocycles. The third kappa shape index (κ3) is 2.88. The number of nitrogens with two attached hydrogens (primary N) is 1. The summed E-state index contributed by atoms with van der Waals surface area (Å²) in [7, 11) is 2.09. The molecule has 1 aliphatic heterocycles. The molecule has 0 spiro atoms. The van der Waals surface area contributed by atoms with Gasteiger partial charge in [0.05, 0.1) is 19.7 Å². The molecule has 0 radical (unpaired) electrons. The van der Waals surface area contributed by atoms with Crippen molar-refractivity contribution in [3.63, 3.8) is 0 Å². The van der Waals surface area contributed by atoms with Gasteiger partial charge in [0.1, 0.15) is 0 Å². The molecule has 4 heteroatoms. The van der Waals surface area contributed by atoms with E-state index in [0.717, 1.165) is 25.9 Å². The zero-order valence-electron chi connectivity index (χ0n) is 8.45. The van der Waals surface area contributed by atoms with Crippen LogP contribution in [0.4, 0.5) is 4.79 Å². The second-order valence-electron chi connectivity index (χ2n) is 3.36. The molecular weight excluding hydrogens is 168 g/mol. The van der Waals surface area contributed by atoms with Crippen LogP contribution in [0.1, 0.15) is 19.8 Å². The van der Waals surface area contributed by atoms with Gasteiger partial charge in [-0.25, -0.2) is 4.79 Å². The molecule has 1 aliphatic rings. The van der Waals surface area contributed by atoms with Crippen molar-refractivity contribution in [3.05, 3.63) is 0 Å². The Hall–Kier alpha value is -0.770. The maximum atomic E-state index is 11.3.